The zero-order valence-electron chi connectivity index (χ0n) is 8.22. The van der Waals surface area contributed by atoms with Crippen molar-refractivity contribution < 1.29 is 13.5 Å². The predicted molar refractivity (Wildman–Crippen MR) is 49.6 cm³/mol. The molecule has 5 heteroatoms. The second-order valence-electron chi connectivity index (χ2n) is 3.88. The van der Waals surface area contributed by atoms with Gasteiger partial charge in [0, 0.05) is 12.8 Å². The Morgan fingerprint density at radius 3 is 2.64 bits per heavy atom. The summed E-state index contributed by atoms with van der Waals surface area (Å²) in [6.07, 6.45) is 1.20. The van der Waals surface area contributed by atoms with Crippen LogP contribution in [-0.2, 0) is 4.74 Å². The molecule has 0 amide bonds. The quantitative estimate of drug-likeness (QED) is 0.532. The molecule has 0 aromatic rings. The molecule has 1 rings (SSSR count). The van der Waals surface area contributed by atoms with Gasteiger partial charge < -0.3 is 10.5 Å². The van der Waals surface area contributed by atoms with Crippen LogP contribution in [0.3, 0.4) is 0 Å². The van der Waals surface area contributed by atoms with Gasteiger partial charge in [0.2, 0.25) is 5.92 Å². The zero-order chi connectivity index (χ0) is 10.8. The van der Waals surface area contributed by atoms with Gasteiger partial charge in [0.1, 0.15) is 0 Å². The van der Waals surface area contributed by atoms with Crippen LogP contribution >= 0.6 is 0 Å². The molecule has 82 valence electrons. The van der Waals surface area contributed by atoms with Gasteiger partial charge in [-0.15, -0.1) is 0 Å². The summed E-state index contributed by atoms with van der Waals surface area (Å²) in [5.74, 6) is -2.87. The molecule has 1 fully saturated rings. The topological polar surface area (TPSA) is 59.1 Å². The molecule has 0 aromatic heterocycles. The molecule has 1 atom stereocenters. The third-order valence-corrected chi connectivity index (χ3v) is 2.36. The minimum absolute atomic E-state index is 0.0995. The van der Waals surface area contributed by atoms with Crippen molar-refractivity contribution in [2.24, 2.45) is 11.7 Å². The summed E-state index contributed by atoms with van der Waals surface area (Å²) in [5.41, 5.74) is 5.38. The molecule has 1 aliphatic rings. The van der Waals surface area contributed by atoms with Crippen LogP contribution in [-0.4, -0.2) is 25.0 Å². The summed E-state index contributed by atoms with van der Waals surface area (Å²) >= 11 is 0. The lowest BCUT2D eigenvalue weighted by molar-refractivity contribution is -0.0237. The van der Waals surface area contributed by atoms with Crippen molar-refractivity contribution in [2.75, 3.05) is 7.11 Å². The first-order chi connectivity index (χ1) is 6.44. The average molecular weight is 206 g/mol. The lowest BCUT2D eigenvalue weighted by atomic mass is 10.0. The molecule has 0 radical (unpaired) electrons. The smallest absolute Gasteiger partial charge is 0.250 e. The summed E-state index contributed by atoms with van der Waals surface area (Å²) in [7, 11) is 1.27. The molecule has 3 nitrogen and oxygen atoms in total. The molecule has 1 saturated carbocycles. The molecule has 0 spiro atoms. The second kappa shape index (κ2) is 4.21. The van der Waals surface area contributed by atoms with Crippen LogP contribution in [0.5, 0.6) is 0 Å². The van der Waals surface area contributed by atoms with Gasteiger partial charge in [-0.3, -0.25) is 5.41 Å². The second-order valence-corrected chi connectivity index (χ2v) is 3.88. The third-order valence-electron chi connectivity index (χ3n) is 2.36. The van der Waals surface area contributed by atoms with Gasteiger partial charge >= 0.3 is 0 Å². The third kappa shape index (κ3) is 3.57. The normalized spacial score (nSPS) is 19.1. The Labute approximate surface area is 82.1 Å². The minimum Gasteiger partial charge on any atom is -0.483 e. The summed E-state index contributed by atoms with van der Waals surface area (Å²) in [6.45, 7) is 0. The van der Waals surface area contributed by atoms with E-state index in [9.17, 15) is 8.78 Å². The van der Waals surface area contributed by atoms with Crippen LogP contribution in [0.15, 0.2) is 0 Å². The molecule has 3 N–H and O–H groups in total. The maximum atomic E-state index is 13.2. The fourth-order valence-electron chi connectivity index (χ4n) is 1.39. The Morgan fingerprint density at radius 1 is 1.64 bits per heavy atom. The van der Waals surface area contributed by atoms with Crippen LogP contribution in [0.4, 0.5) is 8.78 Å². The number of rotatable bonds is 5. The molecule has 14 heavy (non-hydrogen) atoms. The lowest BCUT2D eigenvalue weighted by Gasteiger charge is -2.20. The lowest BCUT2D eigenvalue weighted by Crippen LogP contribution is -2.37. The number of methoxy groups -OCH3 is 1. The Hall–Kier alpha value is -0.710. The van der Waals surface area contributed by atoms with E-state index in [2.05, 4.69) is 4.74 Å². The molecule has 0 aromatic carbocycles. The van der Waals surface area contributed by atoms with Crippen molar-refractivity contribution in [1.82, 2.24) is 0 Å². The summed E-state index contributed by atoms with van der Waals surface area (Å²) in [6, 6.07) is -0.992. The van der Waals surface area contributed by atoms with Crippen molar-refractivity contribution in [3.8, 4) is 0 Å². The predicted octanol–water partition coefficient (Wildman–Crippen LogP) is 1.76. The van der Waals surface area contributed by atoms with Gasteiger partial charge in [0.15, 0.2) is 5.90 Å². The standard InChI is InChI=1S/C9H16F2N2O/c1-14-8(13)7(12)5-9(10,11)4-6-2-3-6/h6-7,13H,2-5,12H2,1H3/t7-/m0/s1. The fraction of sp³-hybridized carbons (Fsp3) is 0.889. The number of hydrogen-bond donors (Lipinski definition) is 2. The average Bonchev–Trinajstić information content (AvgIpc) is 2.84. The molecule has 0 saturated heterocycles. The number of ether oxygens (including phenoxy) is 1. The number of hydrogen-bond acceptors (Lipinski definition) is 3. The number of alkyl halides is 2. The maximum absolute atomic E-state index is 13.2. The highest BCUT2D eigenvalue weighted by Gasteiger charge is 2.39. The Bertz CT molecular complexity index is 217. The molecule has 1 aliphatic carbocycles. The zero-order valence-corrected chi connectivity index (χ0v) is 8.22. The Balaban J connectivity index is 2.35. The van der Waals surface area contributed by atoms with Gasteiger partial charge in [-0.05, 0) is 18.8 Å². The maximum Gasteiger partial charge on any atom is 0.250 e. The van der Waals surface area contributed by atoms with Crippen LogP contribution in [0, 0.1) is 11.3 Å². The van der Waals surface area contributed by atoms with E-state index in [-0.39, 0.29) is 18.2 Å². The number of nitrogens with one attached hydrogen (secondary N) is 1. The fourth-order valence-corrected chi connectivity index (χ4v) is 1.39. The largest absolute Gasteiger partial charge is 0.483 e. The molecular weight excluding hydrogens is 190 g/mol. The first kappa shape index (κ1) is 11.4. The SMILES string of the molecule is COC(=N)[C@@H](N)CC(F)(F)CC1CC1. The molecule has 0 bridgehead atoms. The van der Waals surface area contributed by atoms with Crippen molar-refractivity contribution in [3.05, 3.63) is 0 Å². The molecule has 0 aliphatic heterocycles. The summed E-state index contributed by atoms with van der Waals surface area (Å²) < 4.78 is 31.0. The van der Waals surface area contributed by atoms with Crippen molar-refractivity contribution in [3.63, 3.8) is 0 Å². The molecule has 0 unspecified atom stereocenters. The number of halogens is 2. The van der Waals surface area contributed by atoms with E-state index in [4.69, 9.17) is 11.1 Å². The van der Waals surface area contributed by atoms with E-state index < -0.39 is 18.4 Å². The summed E-state index contributed by atoms with van der Waals surface area (Å²) in [5, 5.41) is 7.14. The highest BCUT2D eigenvalue weighted by atomic mass is 19.3. The Kier molecular flexibility index (Phi) is 3.42. The van der Waals surface area contributed by atoms with Gasteiger partial charge in [-0.25, -0.2) is 8.78 Å². The highest BCUT2D eigenvalue weighted by Crippen LogP contribution is 2.40. The van der Waals surface area contributed by atoms with E-state index in [1.807, 2.05) is 0 Å². The number of nitrogens with two attached hydrogens (primary N) is 1. The Morgan fingerprint density at radius 2 is 2.21 bits per heavy atom. The first-order valence-corrected chi connectivity index (χ1v) is 4.70. The first-order valence-electron chi connectivity index (χ1n) is 4.70. The van der Waals surface area contributed by atoms with Gasteiger partial charge in [0.05, 0.1) is 13.2 Å². The van der Waals surface area contributed by atoms with E-state index in [0.717, 1.165) is 12.8 Å². The van der Waals surface area contributed by atoms with Crippen LogP contribution < -0.4 is 5.73 Å². The van der Waals surface area contributed by atoms with Gasteiger partial charge in [-0.2, -0.15) is 0 Å². The van der Waals surface area contributed by atoms with Gasteiger partial charge in [0.25, 0.3) is 0 Å². The van der Waals surface area contributed by atoms with E-state index >= 15 is 0 Å². The van der Waals surface area contributed by atoms with E-state index in [1.54, 1.807) is 0 Å². The van der Waals surface area contributed by atoms with Crippen LogP contribution in [0.1, 0.15) is 25.7 Å². The summed E-state index contributed by atoms with van der Waals surface area (Å²) in [4.78, 5) is 0. The van der Waals surface area contributed by atoms with Crippen molar-refractivity contribution >= 4 is 5.90 Å². The monoisotopic (exact) mass is 206 g/mol. The molecule has 0 heterocycles. The highest BCUT2D eigenvalue weighted by molar-refractivity contribution is 5.78. The van der Waals surface area contributed by atoms with E-state index in [1.165, 1.54) is 7.11 Å². The van der Waals surface area contributed by atoms with Gasteiger partial charge in [-0.1, -0.05) is 0 Å². The van der Waals surface area contributed by atoms with E-state index in [0.29, 0.717) is 0 Å². The molecular formula is C9H16F2N2O. The minimum atomic E-state index is -2.76. The van der Waals surface area contributed by atoms with Crippen LogP contribution in [0.25, 0.3) is 0 Å². The van der Waals surface area contributed by atoms with Crippen LogP contribution in [0.2, 0.25) is 0 Å². The van der Waals surface area contributed by atoms with Crippen molar-refractivity contribution in [2.45, 2.75) is 37.6 Å². The van der Waals surface area contributed by atoms with Crippen molar-refractivity contribution in [1.29, 1.82) is 5.41 Å².